The molecule has 2 saturated heterocycles. The molecule has 1 atom stereocenters. The average molecular weight is 198 g/mol. The molecule has 0 aliphatic carbocycles. The summed E-state index contributed by atoms with van der Waals surface area (Å²) in [5, 5.41) is 3.09. The fourth-order valence-electron chi connectivity index (χ4n) is 2.30. The zero-order valence-electron chi connectivity index (χ0n) is 8.66. The minimum Gasteiger partial charge on any atom is -0.381 e. The molecule has 1 amide bonds. The number of carbonyl (C=O) groups excluding carboxylic acids is 1. The van der Waals surface area contributed by atoms with Crippen molar-refractivity contribution in [1.82, 2.24) is 10.2 Å². The molecular formula is C10H18N2O2. The van der Waals surface area contributed by atoms with Crippen LogP contribution in [0.4, 0.5) is 0 Å². The Hall–Kier alpha value is -0.610. The molecule has 0 bridgehead atoms. The molecule has 2 rings (SSSR count). The van der Waals surface area contributed by atoms with E-state index in [4.69, 9.17) is 4.74 Å². The summed E-state index contributed by atoms with van der Waals surface area (Å²) in [6.45, 7) is 5.08. The van der Waals surface area contributed by atoms with Gasteiger partial charge in [-0.15, -0.1) is 0 Å². The van der Waals surface area contributed by atoms with Crippen molar-refractivity contribution in [3.05, 3.63) is 0 Å². The molecule has 0 saturated carbocycles. The number of carbonyl (C=O) groups is 1. The van der Waals surface area contributed by atoms with Crippen LogP contribution in [0.1, 0.15) is 19.8 Å². The summed E-state index contributed by atoms with van der Waals surface area (Å²) >= 11 is 0. The van der Waals surface area contributed by atoms with E-state index in [0.717, 1.165) is 32.7 Å². The highest BCUT2D eigenvalue weighted by Crippen LogP contribution is 2.23. The van der Waals surface area contributed by atoms with Gasteiger partial charge in [-0.05, 0) is 25.7 Å². The second-order valence-corrected chi connectivity index (χ2v) is 4.14. The molecule has 2 heterocycles. The van der Waals surface area contributed by atoms with Gasteiger partial charge >= 0.3 is 0 Å². The smallest absolute Gasteiger partial charge is 0.237 e. The maximum atomic E-state index is 11.5. The van der Waals surface area contributed by atoms with E-state index in [2.05, 4.69) is 12.2 Å². The van der Waals surface area contributed by atoms with E-state index < -0.39 is 0 Å². The normalized spacial score (nSPS) is 26.9. The van der Waals surface area contributed by atoms with E-state index >= 15 is 0 Å². The lowest BCUT2D eigenvalue weighted by molar-refractivity contribution is -0.130. The number of amides is 1. The molecule has 0 aromatic heterocycles. The second-order valence-electron chi connectivity index (χ2n) is 4.14. The fraction of sp³-hybridized carbons (Fsp3) is 0.900. The van der Waals surface area contributed by atoms with Crippen LogP contribution in [0.2, 0.25) is 0 Å². The van der Waals surface area contributed by atoms with Crippen LogP contribution < -0.4 is 5.32 Å². The molecule has 0 radical (unpaired) electrons. The Balaban J connectivity index is 1.92. The van der Waals surface area contributed by atoms with Gasteiger partial charge in [0, 0.05) is 19.3 Å². The first kappa shape index (κ1) is 9.93. The van der Waals surface area contributed by atoms with Crippen LogP contribution in [0.25, 0.3) is 0 Å². The van der Waals surface area contributed by atoms with Crippen LogP contribution in [-0.4, -0.2) is 43.3 Å². The van der Waals surface area contributed by atoms with Gasteiger partial charge in [0.15, 0.2) is 0 Å². The van der Waals surface area contributed by atoms with Crippen LogP contribution in [0.15, 0.2) is 0 Å². The summed E-state index contributed by atoms with van der Waals surface area (Å²) in [6, 6.07) is 0.362. The number of nitrogens with zero attached hydrogens (tertiary/aromatic N) is 1. The van der Waals surface area contributed by atoms with Crippen LogP contribution in [0.3, 0.4) is 0 Å². The van der Waals surface area contributed by atoms with E-state index in [9.17, 15) is 4.79 Å². The number of ether oxygens (including phenoxy) is 1. The molecule has 0 aromatic carbocycles. The first-order valence-electron chi connectivity index (χ1n) is 5.37. The topological polar surface area (TPSA) is 41.6 Å². The summed E-state index contributed by atoms with van der Waals surface area (Å²) in [4.78, 5) is 13.4. The SMILES string of the molecule is CC(C1CCOCC1)N1CNCC1=O. The maximum absolute atomic E-state index is 11.5. The van der Waals surface area contributed by atoms with Crippen molar-refractivity contribution in [2.24, 2.45) is 5.92 Å². The monoisotopic (exact) mass is 198 g/mol. The van der Waals surface area contributed by atoms with Gasteiger partial charge in [0.25, 0.3) is 0 Å². The molecule has 1 unspecified atom stereocenters. The number of nitrogens with one attached hydrogen (secondary N) is 1. The zero-order chi connectivity index (χ0) is 9.97. The summed E-state index contributed by atoms with van der Waals surface area (Å²) in [7, 11) is 0. The predicted octanol–water partition coefficient (Wildman–Crippen LogP) is 0.191. The highest BCUT2D eigenvalue weighted by molar-refractivity contribution is 5.80. The largest absolute Gasteiger partial charge is 0.381 e. The third-order valence-corrected chi connectivity index (χ3v) is 3.32. The molecule has 0 aromatic rings. The lowest BCUT2D eigenvalue weighted by Gasteiger charge is -2.33. The van der Waals surface area contributed by atoms with Gasteiger partial charge in [0.05, 0.1) is 13.2 Å². The van der Waals surface area contributed by atoms with Gasteiger partial charge in [-0.25, -0.2) is 0 Å². The first-order valence-corrected chi connectivity index (χ1v) is 5.37. The summed E-state index contributed by atoms with van der Waals surface area (Å²) < 4.78 is 5.32. The number of hydrogen-bond donors (Lipinski definition) is 1. The number of rotatable bonds is 2. The van der Waals surface area contributed by atoms with Gasteiger partial charge in [-0.2, -0.15) is 0 Å². The Morgan fingerprint density at radius 3 is 2.79 bits per heavy atom. The molecule has 14 heavy (non-hydrogen) atoms. The van der Waals surface area contributed by atoms with Crippen molar-refractivity contribution >= 4 is 5.91 Å². The van der Waals surface area contributed by atoms with E-state index in [1.807, 2.05) is 4.90 Å². The molecular weight excluding hydrogens is 180 g/mol. The summed E-state index contributed by atoms with van der Waals surface area (Å²) in [5.41, 5.74) is 0. The Kier molecular flexibility index (Phi) is 3.03. The van der Waals surface area contributed by atoms with E-state index in [0.29, 0.717) is 18.5 Å². The standard InChI is InChI=1S/C10H18N2O2/c1-8(9-2-4-14-5-3-9)12-7-11-6-10(12)13/h8-9,11H,2-7H2,1H3. The van der Waals surface area contributed by atoms with E-state index in [1.165, 1.54) is 0 Å². The van der Waals surface area contributed by atoms with E-state index in [-0.39, 0.29) is 5.91 Å². The molecule has 80 valence electrons. The van der Waals surface area contributed by atoms with Gasteiger partial charge in [0.1, 0.15) is 0 Å². The maximum Gasteiger partial charge on any atom is 0.237 e. The Bertz CT molecular complexity index is 214. The third-order valence-electron chi connectivity index (χ3n) is 3.32. The van der Waals surface area contributed by atoms with Gasteiger partial charge in [0.2, 0.25) is 5.91 Å². The quantitative estimate of drug-likeness (QED) is 0.688. The minimum absolute atomic E-state index is 0.240. The molecule has 0 spiro atoms. The third kappa shape index (κ3) is 1.91. The fourth-order valence-corrected chi connectivity index (χ4v) is 2.30. The van der Waals surface area contributed by atoms with Crippen LogP contribution in [-0.2, 0) is 9.53 Å². The average Bonchev–Trinajstić information content (AvgIpc) is 2.65. The summed E-state index contributed by atoms with van der Waals surface area (Å²) in [5.74, 6) is 0.858. The molecule has 2 fully saturated rings. The molecule has 2 aliphatic heterocycles. The molecule has 2 aliphatic rings. The molecule has 1 N–H and O–H groups in total. The lowest BCUT2D eigenvalue weighted by Crippen LogP contribution is -2.42. The van der Waals surface area contributed by atoms with Crippen molar-refractivity contribution < 1.29 is 9.53 Å². The van der Waals surface area contributed by atoms with Crippen molar-refractivity contribution in [2.75, 3.05) is 26.4 Å². The highest BCUT2D eigenvalue weighted by Gasteiger charge is 2.30. The first-order chi connectivity index (χ1) is 6.79. The van der Waals surface area contributed by atoms with Gasteiger partial charge in [-0.1, -0.05) is 0 Å². The van der Waals surface area contributed by atoms with Gasteiger partial charge < -0.3 is 9.64 Å². The van der Waals surface area contributed by atoms with Crippen LogP contribution in [0.5, 0.6) is 0 Å². The predicted molar refractivity (Wildman–Crippen MR) is 52.7 cm³/mol. The van der Waals surface area contributed by atoms with Crippen LogP contribution in [0, 0.1) is 5.92 Å². The number of hydrogen-bond acceptors (Lipinski definition) is 3. The highest BCUT2D eigenvalue weighted by atomic mass is 16.5. The Morgan fingerprint density at radius 1 is 1.50 bits per heavy atom. The zero-order valence-corrected chi connectivity index (χ0v) is 8.66. The summed E-state index contributed by atoms with van der Waals surface area (Å²) in [6.07, 6.45) is 2.18. The van der Waals surface area contributed by atoms with Crippen molar-refractivity contribution in [3.63, 3.8) is 0 Å². The second kappa shape index (κ2) is 4.28. The van der Waals surface area contributed by atoms with Crippen molar-refractivity contribution in [2.45, 2.75) is 25.8 Å². The molecule has 4 nitrogen and oxygen atoms in total. The van der Waals surface area contributed by atoms with Crippen LogP contribution >= 0.6 is 0 Å². The minimum atomic E-state index is 0.240. The van der Waals surface area contributed by atoms with Crippen molar-refractivity contribution in [1.29, 1.82) is 0 Å². The lowest BCUT2D eigenvalue weighted by atomic mass is 9.92. The van der Waals surface area contributed by atoms with E-state index in [1.54, 1.807) is 0 Å². The van der Waals surface area contributed by atoms with Crippen molar-refractivity contribution in [3.8, 4) is 0 Å². The van der Waals surface area contributed by atoms with Gasteiger partial charge in [-0.3, -0.25) is 10.1 Å². The Morgan fingerprint density at radius 2 is 2.21 bits per heavy atom. The molecule has 4 heteroatoms. The Labute approximate surface area is 84.6 Å².